The lowest BCUT2D eigenvalue weighted by Gasteiger charge is -2.41. The Morgan fingerprint density at radius 1 is 1.35 bits per heavy atom. The summed E-state index contributed by atoms with van der Waals surface area (Å²) in [5, 5.41) is 2.90. The maximum atomic E-state index is 11.9. The molecule has 1 amide bonds. The zero-order chi connectivity index (χ0) is 13.8. The van der Waals surface area contributed by atoms with Gasteiger partial charge < -0.3 is 10.2 Å². The number of nitrogens with zero attached hydrogens (tertiary/aromatic N) is 2. The standard InChI is InChI=1S/C16H23N3O/c20-16(18-15-5-2-7-17-10-15)6-8-19-11-13-3-1-4-14(9-13)12-19/h2,5,7,10,13-14H,1,3-4,6,8-9,11-12H2,(H,18,20)/t13-,14-/m0/s1. The largest absolute Gasteiger partial charge is 0.325 e. The van der Waals surface area contributed by atoms with Crippen LogP contribution >= 0.6 is 0 Å². The number of nitrogens with one attached hydrogen (secondary N) is 1. The minimum absolute atomic E-state index is 0.0914. The molecule has 0 aromatic carbocycles. The number of hydrogen-bond donors (Lipinski definition) is 1. The van der Waals surface area contributed by atoms with Gasteiger partial charge in [-0.1, -0.05) is 6.42 Å². The van der Waals surface area contributed by atoms with Gasteiger partial charge in [0, 0.05) is 32.3 Å². The number of likely N-dealkylation sites (tertiary alicyclic amines) is 1. The SMILES string of the molecule is O=C(CCN1C[C@H]2CCC[C@@H](C2)C1)Nc1cccnc1. The molecule has 0 radical (unpaired) electrons. The first kappa shape index (κ1) is 13.6. The maximum Gasteiger partial charge on any atom is 0.225 e. The molecule has 3 rings (SSSR count). The molecule has 1 N–H and O–H groups in total. The van der Waals surface area contributed by atoms with Gasteiger partial charge in [-0.15, -0.1) is 0 Å². The number of carbonyl (C=O) groups is 1. The number of rotatable bonds is 4. The molecule has 1 aromatic rings. The highest BCUT2D eigenvalue weighted by atomic mass is 16.1. The first-order valence-corrected chi connectivity index (χ1v) is 7.72. The van der Waals surface area contributed by atoms with Crippen molar-refractivity contribution >= 4 is 11.6 Å². The molecule has 1 saturated heterocycles. The summed E-state index contributed by atoms with van der Waals surface area (Å²) >= 11 is 0. The number of aromatic nitrogens is 1. The third-order valence-electron chi connectivity index (χ3n) is 4.52. The summed E-state index contributed by atoms with van der Waals surface area (Å²) in [4.78, 5) is 18.4. The van der Waals surface area contributed by atoms with E-state index >= 15 is 0 Å². The van der Waals surface area contributed by atoms with Crippen LogP contribution in [0.2, 0.25) is 0 Å². The van der Waals surface area contributed by atoms with E-state index in [1.165, 1.54) is 38.8 Å². The fraction of sp³-hybridized carbons (Fsp3) is 0.625. The molecule has 2 aliphatic rings. The molecular formula is C16H23N3O. The van der Waals surface area contributed by atoms with Gasteiger partial charge in [-0.3, -0.25) is 9.78 Å². The Bertz CT molecular complexity index is 436. The minimum Gasteiger partial charge on any atom is -0.325 e. The van der Waals surface area contributed by atoms with Gasteiger partial charge in [0.15, 0.2) is 0 Å². The lowest BCUT2D eigenvalue weighted by Crippen LogP contribution is -2.43. The molecule has 0 unspecified atom stereocenters. The number of carbonyl (C=O) groups excluding carboxylic acids is 1. The Kier molecular flexibility index (Phi) is 4.31. The van der Waals surface area contributed by atoms with Gasteiger partial charge in [0.05, 0.1) is 11.9 Å². The predicted molar refractivity (Wildman–Crippen MR) is 79.4 cm³/mol. The Balaban J connectivity index is 1.44. The highest BCUT2D eigenvalue weighted by Crippen LogP contribution is 2.34. The highest BCUT2D eigenvalue weighted by molar-refractivity contribution is 5.90. The minimum atomic E-state index is 0.0914. The monoisotopic (exact) mass is 273 g/mol. The van der Waals surface area contributed by atoms with Gasteiger partial charge in [0.1, 0.15) is 0 Å². The summed E-state index contributed by atoms with van der Waals surface area (Å²) in [5.41, 5.74) is 0.785. The number of fused-ring (bicyclic) bond motifs is 2. The molecule has 1 aliphatic heterocycles. The van der Waals surface area contributed by atoms with Gasteiger partial charge in [0.25, 0.3) is 0 Å². The van der Waals surface area contributed by atoms with E-state index in [-0.39, 0.29) is 5.91 Å². The second-order valence-electron chi connectivity index (χ2n) is 6.20. The first-order valence-electron chi connectivity index (χ1n) is 7.72. The summed E-state index contributed by atoms with van der Waals surface area (Å²) in [7, 11) is 0. The zero-order valence-corrected chi connectivity index (χ0v) is 11.9. The van der Waals surface area contributed by atoms with Crippen LogP contribution in [0, 0.1) is 11.8 Å². The van der Waals surface area contributed by atoms with Crippen LogP contribution in [-0.4, -0.2) is 35.4 Å². The van der Waals surface area contributed by atoms with E-state index in [0.29, 0.717) is 6.42 Å². The van der Waals surface area contributed by atoms with Crippen molar-refractivity contribution < 1.29 is 4.79 Å². The Labute approximate surface area is 120 Å². The normalized spacial score (nSPS) is 26.2. The molecule has 4 nitrogen and oxygen atoms in total. The van der Waals surface area contributed by atoms with Crippen LogP contribution in [0.15, 0.2) is 24.5 Å². The average molecular weight is 273 g/mol. The van der Waals surface area contributed by atoms with Crippen molar-refractivity contribution in [3.05, 3.63) is 24.5 Å². The van der Waals surface area contributed by atoms with Gasteiger partial charge in [-0.05, 0) is 43.2 Å². The van der Waals surface area contributed by atoms with Crippen LogP contribution in [0.1, 0.15) is 32.1 Å². The van der Waals surface area contributed by atoms with Crippen molar-refractivity contribution in [3.63, 3.8) is 0 Å². The lowest BCUT2D eigenvalue weighted by molar-refractivity contribution is -0.116. The second kappa shape index (κ2) is 6.35. The Hall–Kier alpha value is -1.42. The number of pyridine rings is 1. The number of piperidine rings is 1. The topological polar surface area (TPSA) is 45.2 Å². The third-order valence-corrected chi connectivity index (χ3v) is 4.52. The molecule has 108 valence electrons. The smallest absolute Gasteiger partial charge is 0.225 e. The van der Waals surface area contributed by atoms with E-state index < -0.39 is 0 Å². The molecule has 2 heterocycles. The van der Waals surface area contributed by atoms with Crippen LogP contribution in [0.5, 0.6) is 0 Å². The summed E-state index contributed by atoms with van der Waals surface area (Å²) in [6, 6.07) is 3.71. The van der Waals surface area contributed by atoms with Gasteiger partial charge >= 0.3 is 0 Å². The summed E-state index contributed by atoms with van der Waals surface area (Å²) in [5.74, 6) is 1.85. The van der Waals surface area contributed by atoms with Gasteiger partial charge in [0.2, 0.25) is 5.91 Å². The van der Waals surface area contributed by atoms with Crippen molar-refractivity contribution in [3.8, 4) is 0 Å². The second-order valence-corrected chi connectivity index (χ2v) is 6.20. The van der Waals surface area contributed by atoms with E-state index in [4.69, 9.17) is 0 Å². The highest BCUT2D eigenvalue weighted by Gasteiger charge is 2.30. The van der Waals surface area contributed by atoms with Gasteiger partial charge in [-0.2, -0.15) is 0 Å². The molecular weight excluding hydrogens is 250 g/mol. The van der Waals surface area contributed by atoms with Crippen LogP contribution in [0.3, 0.4) is 0 Å². The molecule has 20 heavy (non-hydrogen) atoms. The summed E-state index contributed by atoms with van der Waals surface area (Å²) in [6.07, 6.45) is 9.56. The van der Waals surface area contributed by atoms with Crippen molar-refractivity contribution in [2.75, 3.05) is 25.0 Å². The molecule has 1 saturated carbocycles. The van der Waals surface area contributed by atoms with Crippen LogP contribution in [-0.2, 0) is 4.79 Å². The van der Waals surface area contributed by atoms with E-state index in [9.17, 15) is 4.79 Å². The number of hydrogen-bond acceptors (Lipinski definition) is 3. The third kappa shape index (κ3) is 3.57. The fourth-order valence-corrected chi connectivity index (χ4v) is 3.64. The zero-order valence-electron chi connectivity index (χ0n) is 11.9. The quantitative estimate of drug-likeness (QED) is 0.917. The van der Waals surface area contributed by atoms with Crippen molar-refractivity contribution in [1.82, 2.24) is 9.88 Å². The number of amides is 1. The maximum absolute atomic E-state index is 11.9. The van der Waals surface area contributed by atoms with Crippen LogP contribution < -0.4 is 5.32 Å². The Morgan fingerprint density at radius 3 is 2.85 bits per heavy atom. The molecule has 2 atom stereocenters. The average Bonchev–Trinajstić information content (AvgIpc) is 2.46. The van der Waals surface area contributed by atoms with E-state index in [0.717, 1.165) is 24.1 Å². The fourth-order valence-electron chi connectivity index (χ4n) is 3.64. The molecule has 2 fully saturated rings. The summed E-state index contributed by atoms with van der Waals surface area (Å²) < 4.78 is 0. The van der Waals surface area contributed by atoms with Crippen LogP contribution in [0.4, 0.5) is 5.69 Å². The van der Waals surface area contributed by atoms with E-state index in [1.54, 1.807) is 12.4 Å². The lowest BCUT2D eigenvalue weighted by atomic mass is 9.78. The van der Waals surface area contributed by atoms with Crippen molar-refractivity contribution in [2.24, 2.45) is 11.8 Å². The van der Waals surface area contributed by atoms with Gasteiger partial charge in [-0.25, -0.2) is 0 Å². The van der Waals surface area contributed by atoms with Crippen molar-refractivity contribution in [1.29, 1.82) is 0 Å². The predicted octanol–water partition coefficient (Wildman–Crippen LogP) is 2.53. The van der Waals surface area contributed by atoms with E-state index in [2.05, 4.69) is 15.2 Å². The molecule has 0 spiro atoms. The van der Waals surface area contributed by atoms with Crippen LogP contribution in [0.25, 0.3) is 0 Å². The summed E-state index contributed by atoms with van der Waals surface area (Å²) in [6.45, 7) is 3.27. The molecule has 2 bridgehead atoms. The molecule has 1 aromatic heterocycles. The van der Waals surface area contributed by atoms with E-state index in [1.807, 2.05) is 12.1 Å². The first-order chi connectivity index (χ1) is 9.79. The van der Waals surface area contributed by atoms with Crippen molar-refractivity contribution in [2.45, 2.75) is 32.1 Å². The Morgan fingerprint density at radius 2 is 2.15 bits per heavy atom. The molecule has 1 aliphatic carbocycles. The molecule has 4 heteroatoms. The number of anilines is 1.